The van der Waals surface area contributed by atoms with Crippen LogP contribution in [-0.4, -0.2) is 44.8 Å². The van der Waals surface area contributed by atoms with Crippen molar-refractivity contribution < 1.29 is 9.59 Å². The van der Waals surface area contributed by atoms with Gasteiger partial charge in [0.15, 0.2) is 0 Å². The van der Waals surface area contributed by atoms with Gasteiger partial charge in [0.05, 0.1) is 0 Å². The molecule has 244 valence electrons. The van der Waals surface area contributed by atoms with Crippen molar-refractivity contribution in [3.63, 3.8) is 0 Å². The van der Waals surface area contributed by atoms with E-state index in [9.17, 15) is 0 Å². The third-order valence-electron chi connectivity index (χ3n) is 15.8. The van der Waals surface area contributed by atoms with Crippen molar-refractivity contribution in [2.75, 3.05) is 0 Å². The van der Waals surface area contributed by atoms with E-state index in [1.54, 1.807) is 0 Å². The average molecular weight is 603 g/mol. The fraction of sp³-hybridized carbons (Fsp3) is 0.950. The van der Waals surface area contributed by atoms with Crippen LogP contribution < -0.4 is 0 Å². The fourth-order valence-electron chi connectivity index (χ4n) is 15.1. The van der Waals surface area contributed by atoms with Gasteiger partial charge in [0.1, 0.15) is 0 Å². The highest BCUT2D eigenvalue weighted by molar-refractivity contribution is 5.89. The predicted octanol–water partition coefficient (Wildman–Crippen LogP) is 9.05. The smallest absolute Gasteiger partial charge is 0.227 e. The zero-order chi connectivity index (χ0) is 29.5. The first-order chi connectivity index (χ1) is 21.5. The minimum Gasteiger partial charge on any atom is -0.334 e. The van der Waals surface area contributed by atoms with Crippen molar-refractivity contribution in [2.45, 2.75) is 190 Å². The third-order valence-corrected chi connectivity index (χ3v) is 15.8. The van der Waals surface area contributed by atoms with Gasteiger partial charge in [-0.1, -0.05) is 51.4 Å². The summed E-state index contributed by atoms with van der Waals surface area (Å²) in [6, 6.07) is 0.866. The number of rotatable bonds is 6. The van der Waals surface area contributed by atoms with E-state index in [2.05, 4.69) is 9.80 Å². The molecule has 2 amide bonds. The van der Waals surface area contributed by atoms with Crippen molar-refractivity contribution in [2.24, 2.45) is 47.3 Å². The molecule has 0 saturated heterocycles. The molecule has 44 heavy (non-hydrogen) atoms. The Bertz CT molecular complexity index is 944. The quantitative estimate of drug-likeness (QED) is 0.304. The first kappa shape index (κ1) is 29.1. The Morgan fingerprint density at radius 1 is 0.386 bits per heavy atom. The standard InChI is InChI=1S/C40H62N2O2/c43-37(41(33-9-3-1-4-10-33)39-21-27-15-28(22-39)17-29(16-27)23-39)35-13-7-8-14-36(35)38(44)42(34-11-5-2-6-12-34)40-24-30-18-31(25-40)20-32(19-30)26-40/h27-36H,1-26H2. The largest absolute Gasteiger partial charge is 0.334 e. The van der Waals surface area contributed by atoms with Crippen LogP contribution >= 0.6 is 0 Å². The Morgan fingerprint density at radius 2 is 0.659 bits per heavy atom. The van der Waals surface area contributed by atoms with Crippen LogP contribution in [0.3, 0.4) is 0 Å². The van der Waals surface area contributed by atoms with Crippen molar-refractivity contribution in [3.05, 3.63) is 0 Å². The van der Waals surface area contributed by atoms with Crippen LogP contribution in [0.1, 0.15) is 167 Å². The summed E-state index contributed by atoms with van der Waals surface area (Å²) in [6.07, 6.45) is 33.1. The van der Waals surface area contributed by atoms with Crippen LogP contribution in [-0.2, 0) is 9.59 Å². The molecule has 11 rings (SSSR count). The van der Waals surface area contributed by atoms with Gasteiger partial charge in [-0.15, -0.1) is 0 Å². The summed E-state index contributed by atoms with van der Waals surface area (Å²) in [5, 5.41) is 0. The second kappa shape index (κ2) is 11.3. The number of hydrogen-bond acceptors (Lipinski definition) is 2. The fourth-order valence-corrected chi connectivity index (χ4v) is 15.1. The highest BCUT2D eigenvalue weighted by atomic mass is 16.2. The normalized spacial score (nSPS) is 46.7. The maximum absolute atomic E-state index is 15.4. The topological polar surface area (TPSA) is 40.6 Å². The molecule has 0 aromatic rings. The second-order valence-corrected chi connectivity index (χ2v) is 18.8. The molecule has 0 spiro atoms. The predicted molar refractivity (Wildman–Crippen MR) is 175 cm³/mol. The zero-order valence-electron chi connectivity index (χ0n) is 27.9. The molecule has 2 atom stereocenters. The average Bonchev–Trinajstić information content (AvgIpc) is 3.01. The molecule has 0 aliphatic heterocycles. The Hall–Kier alpha value is -1.06. The highest BCUT2D eigenvalue weighted by Crippen LogP contribution is 2.61. The summed E-state index contributed by atoms with van der Waals surface area (Å²) in [6.45, 7) is 0. The molecule has 11 saturated carbocycles. The van der Waals surface area contributed by atoms with Gasteiger partial charge in [-0.25, -0.2) is 0 Å². The maximum Gasteiger partial charge on any atom is 0.227 e. The van der Waals surface area contributed by atoms with Gasteiger partial charge in [0.2, 0.25) is 11.8 Å². The summed E-state index contributed by atoms with van der Waals surface area (Å²) < 4.78 is 0. The Morgan fingerprint density at radius 3 is 0.955 bits per heavy atom. The Kier molecular flexibility index (Phi) is 7.46. The lowest BCUT2D eigenvalue weighted by Crippen LogP contribution is -2.67. The minimum absolute atomic E-state index is 0.0637. The molecule has 0 aromatic carbocycles. The van der Waals surface area contributed by atoms with Gasteiger partial charge in [-0.05, 0) is 151 Å². The Balaban J connectivity index is 1.05. The molecule has 0 heterocycles. The summed E-state index contributed by atoms with van der Waals surface area (Å²) in [5.41, 5.74) is 0.226. The molecule has 4 nitrogen and oxygen atoms in total. The maximum atomic E-state index is 15.4. The van der Waals surface area contributed by atoms with E-state index >= 15 is 9.59 Å². The van der Waals surface area contributed by atoms with Crippen LogP contribution in [0, 0.1) is 47.3 Å². The van der Waals surface area contributed by atoms with Crippen LogP contribution in [0.25, 0.3) is 0 Å². The molecular weight excluding hydrogens is 540 g/mol. The SMILES string of the molecule is O=C(C1CCCCC1C(=O)N(C1CCCCC1)C12CC3CC(CC(C3)C1)C2)N(C1CCCCC1)C12CC3CC(CC(C3)C1)C2. The lowest BCUT2D eigenvalue weighted by molar-refractivity contribution is -0.175. The van der Waals surface area contributed by atoms with E-state index < -0.39 is 0 Å². The monoisotopic (exact) mass is 602 g/mol. The van der Waals surface area contributed by atoms with E-state index in [0.717, 1.165) is 61.2 Å². The van der Waals surface area contributed by atoms with Gasteiger partial charge in [0, 0.05) is 35.0 Å². The number of nitrogens with zero attached hydrogens (tertiary/aromatic N) is 2. The van der Waals surface area contributed by atoms with Crippen LogP contribution in [0.2, 0.25) is 0 Å². The Labute approximate surface area is 268 Å². The van der Waals surface area contributed by atoms with Crippen LogP contribution in [0.5, 0.6) is 0 Å². The number of hydrogen-bond donors (Lipinski definition) is 0. The minimum atomic E-state index is -0.0637. The first-order valence-electron chi connectivity index (χ1n) is 20.1. The van der Waals surface area contributed by atoms with E-state index in [1.807, 2.05) is 0 Å². The van der Waals surface area contributed by atoms with Gasteiger partial charge >= 0.3 is 0 Å². The van der Waals surface area contributed by atoms with Crippen molar-refractivity contribution in [3.8, 4) is 0 Å². The summed E-state index contributed by atoms with van der Waals surface area (Å²) >= 11 is 0. The van der Waals surface area contributed by atoms with E-state index in [4.69, 9.17) is 0 Å². The van der Waals surface area contributed by atoms with Crippen molar-refractivity contribution in [1.82, 2.24) is 9.80 Å². The zero-order valence-corrected chi connectivity index (χ0v) is 27.9. The molecular formula is C40H62N2O2. The molecule has 11 aliphatic carbocycles. The van der Waals surface area contributed by atoms with Gasteiger partial charge in [-0.3, -0.25) is 9.59 Å². The molecule has 8 bridgehead atoms. The molecule has 11 fully saturated rings. The molecule has 0 N–H and O–H groups in total. The van der Waals surface area contributed by atoms with Gasteiger partial charge < -0.3 is 9.80 Å². The molecule has 4 heteroatoms. The molecule has 0 aromatic heterocycles. The van der Waals surface area contributed by atoms with E-state index in [0.29, 0.717) is 23.9 Å². The number of amides is 2. The van der Waals surface area contributed by atoms with Gasteiger partial charge in [-0.2, -0.15) is 0 Å². The molecule has 11 aliphatic rings. The summed E-state index contributed by atoms with van der Waals surface area (Å²) in [4.78, 5) is 36.1. The van der Waals surface area contributed by atoms with Crippen LogP contribution in [0.4, 0.5) is 0 Å². The first-order valence-corrected chi connectivity index (χ1v) is 20.1. The summed E-state index contributed by atoms with van der Waals surface area (Å²) in [7, 11) is 0. The lowest BCUT2D eigenvalue weighted by Gasteiger charge is -2.63. The second-order valence-electron chi connectivity index (χ2n) is 18.8. The lowest BCUT2D eigenvalue weighted by atomic mass is 9.52. The van der Waals surface area contributed by atoms with E-state index in [-0.39, 0.29) is 22.9 Å². The molecule has 0 radical (unpaired) electrons. The van der Waals surface area contributed by atoms with Crippen LogP contribution in [0.15, 0.2) is 0 Å². The van der Waals surface area contributed by atoms with E-state index in [1.165, 1.54) is 141 Å². The third kappa shape index (κ3) is 4.86. The molecule has 2 unspecified atom stereocenters. The number of carbonyl (C=O) groups excluding carboxylic acids is 2. The number of carbonyl (C=O) groups is 2. The highest BCUT2D eigenvalue weighted by Gasteiger charge is 2.60. The van der Waals surface area contributed by atoms with Crippen molar-refractivity contribution in [1.29, 1.82) is 0 Å². The van der Waals surface area contributed by atoms with Gasteiger partial charge in [0.25, 0.3) is 0 Å². The van der Waals surface area contributed by atoms with Crippen molar-refractivity contribution >= 4 is 11.8 Å². The summed E-state index contributed by atoms with van der Waals surface area (Å²) in [5.74, 6) is 5.89.